The normalized spacial score (nSPS) is 12.0. The molecule has 6 nitrogen and oxygen atoms in total. The molecule has 0 saturated carbocycles. The molecule has 0 aliphatic rings. The van der Waals surface area contributed by atoms with Crippen LogP contribution in [0, 0.1) is 0 Å². The second-order valence-corrected chi connectivity index (χ2v) is 22.4. The summed E-state index contributed by atoms with van der Waals surface area (Å²) in [4.78, 5) is 38.3. The summed E-state index contributed by atoms with van der Waals surface area (Å²) < 4.78 is 17.0. The van der Waals surface area contributed by atoms with Gasteiger partial charge in [-0.3, -0.25) is 14.4 Å². The Morgan fingerprint density at radius 1 is 0.264 bits per heavy atom. The second kappa shape index (κ2) is 61.7. The maximum absolute atomic E-state index is 12.9. The third-order valence-electron chi connectivity index (χ3n) is 15.0. The highest BCUT2D eigenvalue weighted by atomic mass is 16.6. The third kappa shape index (κ3) is 59.0. The van der Waals surface area contributed by atoms with Gasteiger partial charge in [0.2, 0.25) is 0 Å². The Hall–Kier alpha value is -1.85. The van der Waals surface area contributed by atoms with Crippen LogP contribution in [0.3, 0.4) is 0 Å². The zero-order valence-electron chi connectivity index (χ0n) is 49.0. The van der Waals surface area contributed by atoms with Gasteiger partial charge in [-0.1, -0.05) is 322 Å². The van der Waals surface area contributed by atoms with E-state index in [1.165, 1.54) is 276 Å². The molecule has 6 heteroatoms. The molecule has 0 rings (SSSR count). The lowest BCUT2D eigenvalue weighted by Gasteiger charge is -2.18. The summed E-state index contributed by atoms with van der Waals surface area (Å²) in [7, 11) is 0. The van der Waals surface area contributed by atoms with Crippen LogP contribution in [0.4, 0.5) is 0 Å². The SMILES string of the molecule is CCCCCCCCC/C=C\CCCCCCCCCC(=O)OCC(COC(=O)CCCCCCCCCCCCCCCCCCCC)OC(=O)CCCCCCCCCCCCCCCCCCCC. The van der Waals surface area contributed by atoms with Gasteiger partial charge < -0.3 is 14.2 Å². The van der Waals surface area contributed by atoms with Gasteiger partial charge in [-0.2, -0.15) is 0 Å². The molecule has 0 N–H and O–H groups in total. The van der Waals surface area contributed by atoms with Crippen LogP contribution >= 0.6 is 0 Å². The van der Waals surface area contributed by atoms with E-state index in [2.05, 4.69) is 32.9 Å². The number of carbonyl (C=O) groups excluding carboxylic acids is 3. The maximum Gasteiger partial charge on any atom is 0.306 e. The number of carbonyl (C=O) groups is 3. The number of unbranched alkanes of at least 4 members (excludes halogenated alkanes) is 48. The van der Waals surface area contributed by atoms with Gasteiger partial charge >= 0.3 is 17.9 Å². The number of hydrogen-bond acceptors (Lipinski definition) is 6. The molecule has 0 aromatic rings. The Balaban J connectivity index is 4.30. The van der Waals surface area contributed by atoms with Gasteiger partial charge in [0.25, 0.3) is 0 Å². The summed E-state index contributed by atoms with van der Waals surface area (Å²) in [6.07, 6.45) is 72.1. The van der Waals surface area contributed by atoms with Crippen LogP contribution in [0.2, 0.25) is 0 Å². The van der Waals surface area contributed by atoms with E-state index in [-0.39, 0.29) is 31.1 Å². The monoisotopic (exact) mass is 1010 g/mol. The zero-order chi connectivity index (χ0) is 52.2. The smallest absolute Gasteiger partial charge is 0.306 e. The fraction of sp³-hybridized carbons (Fsp3) is 0.924. The van der Waals surface area contributed by atoms with Gasteiger partial charge in [-0.05, 0) is 44.9 Å². The summed E-state index contributed by atoms with van der Waals surface area (Å²) in [5, 5.41) is 0. The molecular formula is C66H126O6. The Bertz CT molecular complexity index is 1120. The molecule has 1 unspecified atom stereocenters. The molecule has 0 aliphatic heterocycles. The average molecular weight is 1020 g/mol. The Labute approximate surface area is 450 Å². The minimum Gasteiger partial charge on any atom is -0.462 e. The molecule has 0 fully saturated rings. The van der Waals surface area contributed by atoms with Crippen LogP contribution in [-0.2, 0) is 28.6 Å². The summed E-state index contributed by atoms with van der Waals surface area (Å²) in [6, 6.07) is 0. The van der Waals surface area contributed by atoms with Gasteiger partial charge in [0.15, 0.2) is 6.10 Å². The number of allylic oxidation sites excluding steroid dienone is 2. The van der Waals surface area contributed by atoms with E-state index >= 15 is 0 Å². The van der Waals surface area contributed by atoms with Crippen molar-refractivity contribution in [2.24, 2.45) is 0 Å². The topological polar surface area (TPSA) is 78.9 Å². The summed E-state index contributed by atoms with van der Waals surface area (Å²) in [5.74, 6) is -0.836. The van der Waals surface area contributed by atoms with Crippen molar-refractivity contribution in [3.63, 3.8) is 0 Å². The highest BCUT2D eigenvalue weighted by molar-refractivity contribution is 5.71. The molecule has 0 amide bonds. The molecule has 0 aromatic heterocycles. The predicted molar refractivity (Wildman–Crippen MR) is 312 cm³/mol. The largest absolute Gasteiger partial charge is 0.462 e. The molecule has 0 bridgehead atoms. The van der Waals surface area contributed by atoms with Crippen molar-refractivity contribution >= 4 is 17.9 Å². The van der Waals surface area contributed by atoms with E-state index in [1.54, 1.807) is 0 Å². The van der Waals surface area contributed by atoms with Crippen LogP contribution < -0.4 is 0 Å². The fourth-order valence-corrected chi connectivity index (χ4v) is 10.1. The van der Waals surface area contributed by atoms with Crippen molar-refractivity contribution < 1.29 is 28.6 Å². The Morgan fingerprint density at radius 2 is 0.458 bits per heavy atom. The van der Waals surface area contributed by atoms with Crippen molar-refractivity contribution in [2.75, 3.05) is 13.2 Å². The molecule has 0 radical (unpaired) electrons. The van der Waals surface area contributed by atoms with Gasteiger partial charge in [0, 0.05) is 19.3 Å². The fourth-order valence-electron chi connectivity index (χ4n) is 10.1. The summed E-state index contributed by atoms with van der Waals surface area (Å²) >= 11 is 0. The van der Waals surface area contributed by atoms with Gasteiger partial charge in [0.05, 0.1) is 0 Å². The minimum absolute atomic E-state index is 0.0645. The van der Waals surface area contributed by atoms with Crippen LogP contribution in [0.15, 0.2) is 12.2 Å². The lowest BCUT2D eigenvalue weighted by molar-refractivity contribution is -0.167. The molecule has 0 spiro atoms. The molecule has 0 aliphatic carbocycles. The van der Waals surface area contributed by atoms with Gasteiger partial charge in [0.1, 0.15) is 13.2 Å². The van der Waals surface area contributed by atoms with Crippen molar-refractivity contribution in [1.82, 2.24) is 0 Å². The molecule has 0 saturated heterocycles. The van der Waals surface area contributed by atoms with Gasteiger partial charge in [-0.15, -0.1) is 0 Å². The summed E-state index contributed by atoms with van der Waals surface area (Å²) in [5.41, 5.74) is 0. The van der Waals surface area contributed by atoms with E-state index < -0.39 is 6.10 Å². The number of esters is 3. The first-order chi connectivity index (χ1) is 35.5. The lowest BCUT2D eigenvalue weighted by atomic mass is 10.0. The van der Waals surface area contributed by atoms with Crippen molar-refractivity contribution in [2.45, 2.75) is 380 Å². The first-order valence-corrected chi connectivity index (χ1v) is 32.7. The highest BCUT2D eigenvalue weighted by Gasteiger charge is 2.19. The van der Waals surface area contributed by atoms with E-state index in [9.17, 15) is 14.4 Å². The second-order valence-electron chi connectivity index (χ2n) is 22.4. The van der Waals surface area contributed by atoms with E-state index in [4.69, 9.17) is 14.2 Å². The van der Waals surface area contributed by atoms with Gasteiger partial charge in [-0.25, -0.2) is 0 Å². The Morgan fingerprint density at radius 3 is 0.694 bits per heavy atom. The first kappa shape index (κ1) is 70.1. The van der Waals surface area contributed by atoms with Crippen LogP contribution in [-0.4, -0.2) is 37.2 Å². The number of rotatable bonds is 61. The quantitative estimate of drug-likeness (QED) is 0.0261. The summed E-state index contributed by atoms with van der Waals surface area (Å²) in [6.45, 7) is 6.72. The molecule has 1 atom stereocenters. The van der Waals surface area contributed by atoms with Crippen molar-refractivity contribution in [3.05, 3.63) is 12.2 Å². The molecular weight excluding hydrogens is 889 g/mol. The van der Waals surface area contributed by atoms with Crippen LogP contribution in [0.1, 0.15) is 374 Å². The molecule has 0 aromatic carbocycles. The lowest BCUT2D eigenvalue weighted by Crippen LogP contribution is -2.30. The standard InChI is InChI=1S/C66H126O6/c1-4-7-10-13-16-19-22-25-28-31-34-37-40-43-46-49-52-55-58-64(67)70-61-63(72-66(69)60-57-54-51-48-45-42-39-36-33-30-27-24-21-18-15-12-9-6-3)62-71-65(68)59-56-53-50-47-44-41-38-35-32-29-26-23-20-17-14-11-8-5-2/h28,31,63H,4-27,29-30,32-62H2,1-3H3/b31-28-. The van der Waals surface area contributed by atoms with Crippen LogP contribution in [0.25, 0.3) is 0 Å². The number of ether oxygens (including phenoxy) is 3. The third-order valence-corrected chi connectivity index (χ3v) is 15.0. The van der Waals surface area contributed by atoms with Crippen molar-refractivity contribution in [1.29, 1.82) is 0 Å². The van der Waals surface area contributed by atoms with E-state index in [1.807, 2.05) is 0 Å². The molecule has 426 valence electrons. The zero-order valence-corrected chi connectivity index (χ0v) is 49.0. The van der Waals surface area contributed by atoms with Crippen LogP contribution in [0.5, 0.6) is 0 Å². The predicted octanol–water partition coefficient (Wildman–Crippen LogP) is 22.1. The first-order valence-electron chi connectivity index (χ1n) is 32.7. The van der Waals surface area contributed by atoms with E-state index in [0.29, 0.717) is 19.3 Å². The molecule has 72 heavy (non-hydrogen) atoms. The number of hydrogen-bond donors (Lipinski definition) is 0. The minimum atomic E-state index is -0.767. The average Bonchev–Trinajstić information content (AvgIpc) is 3.38. The van der Waals surface area contributed by atoms with Crippen molar-refractivity contribution in [3.8, 4) is 0 Å². The highest BCUT2D eigenvalue weighted by Crippen LogP contribution is 2.18. The van der Waals surface area contributed by atoms with E-state index in [0.717, 1.165) is 57.8 Å². The Kier molecular flexibility index (Phi) is 60.1. The maximum atomic E-state index is 12.9. The molecule has 0 heterocycles.